The van der Waals surface area contributed by atoms with E-state index in [-0.39, 0.29) is 12.2 Å². The van der Waals surface area contributed by atoms with Crippen molar-refractivity contribution in [2.75, 3.05) is 13.2 Å². The van der Waals surface area contributed by atoms with E-state index in [1.807, 2.05) is 48.1 Å². The lowest BCUT2D eigenvalue weighted by Crippen LogP contribution is -2.35. The van der Waals surface area contributed by atoms with Crippen LogP contribution in [0.3, 0.4) is 0 Å². The van der Waals surface area contributed by atoms with E-state index in [1.54, 1.807) is 4.57 Å². The third-order valence-electron chi connectivity index (χ3n) is 5.01. The molecular weight excluding hydrogens is 332 g/mol. The quantitative estimate of drug-likeness (QED) is 0.723. The molecule has 2 N–H and O–H groups in total. The number of aliphatic hydroxyl groups is 2. The summed E-state index contributed by atoms with van der Waals surface area (Å²) in [5, 5.41) is 24.3. The van der Waals surface area contributed by atoms with Gasteiger partial charge in [0.2, 0.25) is 0 Å². The van der Waals surface area contributed by atoms with E-state index >= 15 is 0 Å². The fourth-order valence-electron chi connectivity index (χ4n) is 3.58. The van der Waals surface area contributed by atoms with Gasteiger partial charge < -0.3 is 14.8 Å². The SMILES string of the molecule is Cn1c(=O)c(CN2CCn3nc([C@H](O)CO)cc3C2)cc2ccccc21. The lowest BCUT2D eigenvalue weighted by Gasteiger charge is -2.27. The number of hydrogen-bond donors (Lipinski definition) is 2. The predicted molar refractivity (Wildman–Crippen MR) is 97.6 cm³/mol. The molecule has 26 heavy (non-hydrogen) atoms. The number of hydrogen-bond acceptors (Lipinski definition) is 5. The Hall–Kier alpha value is -2.48. The molecule has 0 saturated heterocycles. The predicted octanol–water partition coefficient (Wildman–Crippen LogP) is 0.777. The molecule has 7 heteroatoms. The van der Waals surface area contributed by atoms with Gasteiger partial charge in [-0.2, -0.15) is 5.10 Å². The molecule has 3 heterocycles. The molecule has 0 fully saturated rings. The summed E-state index contributed by atoms with van der Waals surface area (Å²) in [5.74, 6) is 0. The highest BCUT2D eigenvalue weighted by Crippen LogP contribution is 2.20. The minimum Gasteiger partial charge on any atom is -0.393 e. The Morgan fingerprint density at radius 1 is 1.23 bits per heavy atom. The van der Waals surface area contributed by atoms with Crippen molar-refractivity contribution >= 4 is 10.9 Å². The van der Waals surface area contributed by atoms with E-state index in [1.165, 1.54) is 0 Å². The average molecular weight is 354 g/mol. The number of aromatic nitrogens is 3. The number of fused-ring (bicyclic) bond motifs is 2. The van der Waals surface area contributed by atoms with Crippen LogP contribution in [-0.4, -0.2) is 42.6 Å². The lowest BCUT2D eigenvalue weighted by atomic mass is 10.1. The Bertz CT molecular complexity index is 1010. The first-order chi connectivity index (χ1) is 12.6. The second-order valence-corrected chi connectivity index (χ2v) is 6.79. The minimum atomic E-state index is -0.950. The van der Waals surface area contributed by atoms with Crippen LogP contribution >= 0.6 is 0 Å². The standard InChI is InChI=1S/C19H22N4O3/c1-21-17-5-3-2-4-13(17)8-14(19(21)26)10-22-6-7-23-15(11-22)9-16(20-23)18(25)12-24/h2-5,8-9,18,24-25H,6-7,10-12H2,1H3/t18-/m1/s1. The van der Waals surface area contributed by atoms with E-state index in [0.29, 0.717) is 25.3 Å². The van der Waals surface area contributed by atoms with Crippen LogP contribution in [0.4, 0.5) is 0 Å². The Morgan fingerprint density at radius 2 is 2.04 bits per heavy atom. The molecule has 3 aromatic rings. The fourth-order valence-corrected chi connectivity index (χ4v) is 3.58. The van der Waals surface area contributed by atoms with E-state index in [9.17, 15) is 9.90 Å². The van der Waals surface area contributed by atoms with Gasteiger partial charge in [-0.1, -0.05) is 18.2 Å². The van der Waals surface area contributed by atoms with Crippen molar-refractivity contribution in [3.05, 3.63) is 63.7 Å². The third-order valence-corrected chi connectivity index (χ3v) is 5.01. The van der Waals surface area contributed by atoms with Crippen molar-refractivity contribution in [3.8, 4) is 0 Å². The van der Waals surface area contributed by atoms with E-state index < -0.39 is 6.10 Å². The maximum Gasteiger partial charge on any atom is 0.255 e. The van der Waals surface area contributed by atoms with Gasteiger partial charge in [0.15, 0.2) is 0 Å². The van der Waals surface area contributed by atoms with E-state index in [0.717, 1.165) is 28.7 Å². The molecule has 0 aliphatic carbocycles. The first-order valence-corrected chi connectivity index (χ1v) is 8.72. The average Bonchev–Trinajstić information content (AvgIpc) is 3.08. The normalized spacial score (nSPS) is 16.0. The summed E-state index contributed by atoms with van der Waals surface area (Å²) in [6, 6.07) is 11.7. The Labute approximate surface area is 150 Å². The van der Waals surface area contributed by atoms with Gasteiger partial charge in [-0.15, -0.1) is 0 Å². The Morgan fingerprint density at radius 3 is 2.85 bits per heavy atom. The monoisotopic (exact) mass is 354 g/mol. The zero-order chi connectivity index (χ0) is 18.3. The summed E-state index contributed by atoms with van der Waals surface area (Å²) >= 11 is 0. The van der Waals surface area contributed by atoms with Crippen molar-refractivity contribution in [3.63, 3.8) is 0 Å². The lowest BCUT2D eigenvalue weighted by molar-refractivity contribution is 0.0915. The fraction of sp³-hybridized carbons (Fsp3) is 0.368. The first-order valence-electron chi connectivity index (χ1n) is 8.72. The molecule has 1 aliphatic heterocycles. The van der Waals surface area contributed by atoms with Crippen LogP contribution in [0.15, 0.2) is 41.2 Å². The molecule has 1 aliphatic rings. The van der Waals surface area contributed by atoms with Crippen molar-refractivity contribution in [2.24, 2.45) is 7.05 Å². The van der Waals surface area contributed by atoms with Gasteiger partial charge in [0.25, 0.3) is 5.56 Å². The molecule has 0 spiro atoms. The maximum absolute atomic E-state index is 12.7. The minimum absolute atomic E-state index is 0.0270. The largest absolute Gasteiger partial charge is 0.393 e. The number of para-hydroxylation sites is 1. The number of aryl methyl sites for hydroxylation is 1. The number of rotatable bonds is 4. The zero-order valence-corrected chi connectivity index (χ0v) is 14.7. The highest BCUT2D eigenvalue weighted by Gasteiger charge is 2.22. The molecule has 1 atom stereocenters. The maximum atomic E-state index is 12.7. The molecule has 2 aromatic heterocycles. The Balaban J connectivity index is 1.59. The van der Waals surface area contributed by atoms with Gasteiger partial charge in [0.05, 0.1) is 30.1 Å². The number of nitrogens with zero attached hydrogens (tertiary/aromatic N) is 4. The summed E-state index contributed by atoms with van der Waals surface area (Å²) in [6.07, 6.45) is -0.950. The highest BCUT2D eigenvalue weighted by molar-refractivity contribution is 5.79. The summed E-state index contributed by atoms with van der Waals surface area (Å²) in [5.41, 5.74) is 3.21. The van der Waals surface area contributed by atoms with Crippen molar-refractivity contribution in [1.29, 1.82) is 0 Å². The number of aliphatic hydroxyl groups excluding tert-OH is 2. The molecule has 1 aromatic carbocycles. The summed E-state index contributed by atoms with van der Waals surface area (Å²) < 4.78 is 3.57. The zero-order valence-electron chi connectivity index (χ0n) is 14.7. The van der Waals surface area contributed by atoms with Crippen LogP contribution in [-0.2, 0) is 26.7 Å². The van der Waals surface area contributed by atoms with Crippen LogP contribution in [0, 0.1) is 0 Å². The molecule has 4 rings (SSSR count). The second kappa shape index (κ2) is 6.68. The number of benzene rings is 1. The molecule has 0 unspecified atom stereocenters. The summed E-state index contributed by atoms with van der Waals surface area (Å²) in [7, 11) is 1.81. The molecule has 0 saturated carbocycles. The summed E-state index contributed by atoms with van der Waals surface area (Å²) in [6.45, 7) is 2.36. The van der Waals surface area contributed by atoms with Gasteiger partial charge in [-0.3, -0.25) is 14.4 Å². The smallest absolute Gasteiger partial charge is 0.255 e. The highest BCUT2D eigenvalue weighted by atomic mass is 16.3. The molecule has 136 valence electrons. The first kappa shape index (κ1) is 17.0. The van der Waals surface area contributed by atoms with Gasteiger partial charge in [-0.05, 0) is 23.6 Å². The third kappa shape index (κ3) is 2.94. The van der Waals surface area contributed by atoms with Gasteiger partial charge in [0, 0.05) is 32.2 Å². The van der Waals surface area contributed by atoms with E-state index in [2.05, 4.69) is 10.00 Å². The van der Waals surface area contributed by atoms with Gasteiger partial charge in [0.1, 0.15) is 6.10 Å². The van der Waals surface area contributed by atoms with Crippen LogP contribution in [0.5, 0.6) is 0 Å². The molecule has 0 amide bonds. The topological polar surface area (TPSA) is 83.5 Å². The molecular formula is C19H22N4O3. The van der Waals surface area contributed by atoms with Crippen LogP contribution in [0.2, 0.25) is 0 Å². The van der Waals surface area contributed by atoms with Gasteiger partial charge >= 0.3 is 0 Å². The van der Waals surface area contributed by atoms with E-state index in [4.69, 9.17) is 5.11 Å². The molecule has 0 bridgehead atoms. The van der Waals surface area contributed by atoms with Crippen LogP contribution in [0.25, 0.3) is 10.9 Å². The van der Waals surface area contributed by atoms with Crippen molar-refractivity contribution in [1.82, 2.24) is 19.2 Å². The summed E-state index contributed by atoms with van der Waals surface area (Å²) in [4.78, 5) is 14.9. The van der Waals surface area contributed by atoms with Crippen LogP contribution < -0.4 is 5.56 Å². The second-order valence-electron chi connectivity index (χ2n) is 6.79. The Kier molecular flexibility index (Phi) is 4.36. The van der Waals surface area contributed by atoms with Gasteiger partial charge in [-0.25, -0.2) is 0 Å². The molecule has 7 nitrogen and oxygen atoms in total. The molecule has 0 radical (unpaired) electrons. The van der Waals surface area contributed by atoms with Crippen molar-refractivity contribution in [2.45, 2.75) is 25.7 Å². The van der Waals surface area contributed by atoms with Crippen molar-refractivity contribution < 1.29 is 10.2 Å². The van der Waals surface area contributed by atoms with Crippen LogP contribution in [0.1, 0.15) is 23.1 Å². The number of pyridine rings is 1.